The Hall–Kier alpha value is -0.930. The summed E-state index contributed by atoms with van der Waals surface area (Å²) in [6.45, 7) is -0.792. The van der Waals surface area contributed by atoms with Crippen LogP contribution < -0.4 is 0 Å². The van der Waals surface area contributed by atoms with E-state index in [0.29, 0.717) is 0 Å². The fraction of sp³-hybridized carbons (Fsp3) is 0.909. The van der Waals surface area contributed by atoms with Crippen LogP contribution in [0, 0.1) is 0 Å². The number of carbonyl (C=O) groups is 1. The van der Waals surface area contributed by atoms with Gasteiger partial charge in [0.25, 0.3) is 0 Å². The topological polar surface area (TPSA) is 207 Å². The summed E-state index contributed by atoms with van der Waals surface area (Å²) in [6, 6.07) is 0. The number of aliphatic hydroxyl groups is 7. The number of hydrogen-bond acceptors (Lipinski definition) is 11. The van der Waals surface area contributed by atoms with Crippen molar-refractivity contribution in [3.63, 3.8) is 0 Å². The van der Waals surface area contributed by atoms with E-state index in [1.54, 1.807) is 0 Å². The van der Waals surface area contributed by atoms with Gasteiger partial charge in [-0.3, -0.25) is 0 Å². The van der Waals surface area contributed by atoms with Crippen molar-refractivity contribution >= 4 is 5.97 Å². The van der Waals surface area contributed by atoms with Crippen LogP contribution in [0.5, 0.6) is 0 Å². The molecule has 2 aliphatic rings. The van der Waals surface area contributed by atoms with Crippen LogP contribution in [0.15, 0.2) is 0 Å². The first-order valence-corrected chi connectivity index (χ1v) is 6.59. The third-order valence-electron chi connectivity index (χ3n) is 3.74. The predicted octanol–water partition coefficient (Wildman–Crippen LogP) is -5.35. The van der Waals surface area contributed by atoms with Crippen molar-refractivity contribution in [1.82, 2.24) is 0 Å². The van der Waals surface area contributed by atoms with Crippen molar-refractivity contribution in [3.05, 3.63) is 0 Å². The smallest absolute Gasteiger partial charge is 0.367 e. The molecule has 2 rings (SSSR count). The average molecular weight is 342 g/mol. The molecule has 23 heavy (non-hydrogen) atoms. The molecule has 8 N–H and O–H groups in total. The summed E-state index contributed by atoms with van der Waals surface area (Å²) in [7, 11) is 0. The number of ether oxygens (including phenoxy) is 3. The van der Waals surface area contributed by atoms with Crippen LogP contribution in [-0.2, 0) is 19.0 Å². The van der Waals surface area contributed by atoms with Crippen LogP contribution in [0.1, 0.15) is 0 Å². The maximum absolute atomic E-state index is 11.4. The molecule has 0 amide bonds. The highest BCUT2D eigenvalue weighted by Crippen LogP contribution is 2.35. The molecule has 2 saturated heterocycles. The van der Waals surface area contributed by atoms with E-state index in [4.69, 9.17) is 14.6 Å². The molecule has 0 bridgehead atoms. The van der Waals surface area contributed by atoms with Crippen LogP contribution in [0.25, 0.3) is 0 Å². The van der Waals surface area contributed by atoms with E-state index >= 15 is 0 Å². The normalized spacial score (nSPS) is 50.9. The van der Waals surface area contributed by atoms with Crippen LogP contribution >= 0.6 is 0 Å². The van der Waals surface area contributed by atoms with Gasteiger partial charge in [0.15, 0.2) is 18.7 Å². The summed E-state index contributed by atoms with van der Waals surface area (Å²) < 4.78 is 14.4. The lowest BCUT2D eigenvalue weighted by atomic mass is 9.99. The summed E-state index contributed by atoms with van der Waals surface area (Å²) in [6.07, 6.45) is -15.2. The Bertz CT molecular complexity index is 443. The lowest BCUT2D eigenvalue weighted by molar-refractivity contribution is -0.375. The van der Waals surface area contributed by atoms with Crippen molar-refractivity contribution in [2.75, 3.05) is 6.61 Å². The molecule has 0 aromatic rings. The van der Waals surface area contributed by atoms with E-state index in [1.807, 2.05) is 0 Å². The summed E-state index contributed by atoms with van der Waals surface area (Å²) in [5.41, 5.74) is 0. The van der Waals surface area contributed by atoms with Crippen molar-refractivity contribution in [3.8, 4) is 0 Å². The van der Waals surface area contributed by atoms with Gasteiger partial charge in [-0.1, -0.05) is 0 Å². The second-order valence-corrected chi connectivity index (χ2v) is 5.23. The van der Waals surface area contributed by atoms with Gasteiger partial charge in [0.05, 0.1) is 6.61 Å². The number of aliphatic carboxylic acids is 1. The SMILES string of the molecule is O=C(O)[C@@]1(O[C@H]2O[C@H](CO)[C@@H](O)[C@H](O)[C@H]2O)O[C@H](O)[C@@H](O)[C@@H]1O. The Labute approximate surface area is 128 Å². The molecule has 0 aliphatic carbocycles. The zero-order valence-electron chi connectivity index (χ0n) is 11.5. The number of rotatable bonds is 4. The Morgan fingerprint density at radius 1 is 1.00 bits per heavy atom. The molecular weight excluding hydrogens is 324 g/mol. The zero-order valence-corrected chi connectivity index (χ0v) is 11.5. The summed E-state index contributed by atoms with van der Waals surface area (Å²) in [4.78, 5) is 11.4. The Morgan fingerprint density at radius 2 is 1.61 bits per heavy atom. The van der Waals surface area contributed by atoms with Crippen molar-refractivity contribution in [1.29, 1.82) is 0 Å². The highest BCUT2D eigenvalue weighted by atomic mass is 16.8. The van der Waals surface area contributed by atoms with E-state index in [1.165, 1.54) is 0 Å². The van der Waals surface area contributed by atoms with Crippen LogP contribution in [0.4, 0.5) is 0 Å². The van der Waals surface area contributed by atoms with Gasteiger partial charge in [0, 0.05) is 0 Å². The van der Waals surface area contributed by atoms with Crippen LogP contribution in [0.2, 0.25) is 0 Å². The standard InChI is InChI=1S/C11H18O12/c12-1-2-3(13)4(14)5(15)9(21-2)23-11(10(19)20)7(17)6(16)8(18)22-11/h2-9,12-18H,1H2,(H,19,20)/t2-,3-,4+,5-,6+,7+,8+,9-,11-/m1/s1. The summed E-state index contributed by atoms with van der Waals surface area (Å²) in [5.74, 6) is -4.94. The highest BCUT2D eigenvalue weighted by molar-refractivity contribution is 5.77. The largest absolute Gasteiger partial charge is 0.477 e. The van der Waals surface area contributed by atoms with Crippen molar-refractivity contribution in [2.45, 2.75) is 55.0 Å². The van der Waals surface area contributed by atoms with E-state index < -0.39 is 67.6 Å². The van der Waals surface area contributed by atoms with E-state index in [2.05, 4.69) is 4.74 Å². The Morgan fingerprint density at radius 3 is 2.04 bits per heavy atom. The van der Waals surface area contributed by atoms with Crippen LogP contribution in [-0.4, -0.2) is 108 Å². The molecule has 0 radical (unpaired) electrons. The van der Waals surface area contributed by atoms with E-state index in [9.17, 15) is 40.5 Å². The quantitative estimate of drug-likeness (QED) is 0.241. The molecule has 12 nitrogen and oxygen atoms in total. The molecule has 2 fully saturated rings. The van der Waals surface area contributed by atoms with Crippen LogP contribution in [0.3, 0.4) is 0 Å². The molecule has 0 aromatic heterocycles. The predicted molar refractivity (Wildman–Crippen MR) is 64.3 cm³/mol. The minimum atomic E-state index is -2.99. The fourth-order valence-corrected chi connectivity index (χ4v) is 2.36. The first-order chi connectivity index (χ1) is 10.7. The minimum absolute atomic E-state index is 0.792. The minimum Gasteiger partial charge on any atom is -0.477 e. The molecule has 2 heterocycles. The maximum Gasteiger partial charge on any atom is 0.367 e. The van der Waals surface area contributed by atoms with Crippen molar-refractivity contribution < 1.29 is 59.9 Å². The molecule has 0 aromatic carbocycles. The molecule has 9 atom stereocenters. The molecule has 2 aliphatic heterocycles. The maximum atomic E-state index is 11.4. The van der Waals surface area contributed by atoms with E-state index in [-0.39, 0.29) is 0 Å². The third kappa shape index (κ3) is 2.94. The Balaban J connectivity index is 2.25. The Kier molecular flexibility index (Phi) is 5.22. The first kappa shape index (κ1) is 18.4. The molecular formula is C11H18O12. The number of carboxylic acid groups (broad SMARTS) is 1. The van der Waals surface area contributed by atoms with Gasteiger partial charge in [-0.15, -0.1) is 0 Å². The van der Waals surface area contributed by atoms with Gasteiger partial charge in [0.1, 0.15) is 30.5 Å². The summed E-state index contributed by atoms with van der Waals surface area (Å²) >= 11 is 0. The summed E-state index contributed by atoms with van der Waals surface area (Å²) in [5, 5.41) is 75.8. The lowest BCUT2D eigenvalue weighted by Gasteiger charge is -2.42. The van der Waals surface area contributed by atoms with Gasteiger partial charge in [-0.2, -0.15) is 0 Å². The highest BCUT2D eigenvalue weighted by Gasteiger charge is 2.63. The number of hydrogen-bond donors (Lipinski definition) is 8. The third-order valence-corrected chi connectivity index (χ3v) is 3.74. The fourth-order valence-electron chi connectivity index (χ4n) is 2.36. The second kappa shape index (κ2) is 6.52. The van der Waals surface area contributed by atoms with E-state index in [0.717, 1.165) is 0 Å². The molecule has 0 saturated carbocycles. The monoisotopic (exact) mass is 342 g/mol. The lowest BCUT2D eigenvalue weighted by Crippen LogP contribution is -2.63. The molecule has 134 valence electrons. The molecule has 12 heteroatoms. The van der Waals surface area contributed by atoms with Crippen molar-refractivity contribution in [2.24, 2.45) is 0 Å². The first-order valence-electron chi connectivity index (χ1n) is 6.59. The second-order valence-electron chi connectivity index (χ2n) is 5.23. The van der Waals surface area contributed by atoms with Gasteiger partial charge in [-0.25, -0.2) is 4.79 Å². The molecule has 0 spiro atoms. The van der Waals surface area contributed by atoms with Gasteiger partial charge in [0.2, 0.25) is 0 Å². The number of aliphatic hydroxyl groups excluding tert-OH is 7. The average Bonchev–Trinajstić information content (AvgIpc) is 2.73. The molecule has 0 unspecified atom stereocenters. The zero-order chi connectivity index (χ0) is 17.5. The number of carboxylic acids is 1. The van der Waals surface area contributed by atoms with Gasteiger partial charge < -0.3 is 55.1 Å². The van der Waals surface area contributed by atoms with Gasteiger partial charge >= 0.3 is 11.8 Å². The van der Waals surface area contributed by atoms with Gasteiger partial charge in [-0.05, 0) is 0 Å².